The van der Waals surface area contributed by atoms with Gasteiger partial charge in [0.25, 0.3) is 0 Å². The summed E-state index contributed by atoms with van der Waals surface area (Å²) in [6, 6.07) is 9.36. The van der Waals surface area contributed by atoms with E-state index in [-0.39, 0.29) is 0 Å². The first kappa shape index (κ1) is 12.5. The predicted molar refractivity (Wildman–Crippen MR) is 72.1 cm³/mol. The van der Waals surface area contributed by atoms with Crippen LogP contribution in [0.4, 0.5) is 21.5 Å². The molecule has 0 aliphatic rings. The summed E-state index contributed by atoms with van der Waals surface area (Å²) in [5.41, 5.74) is 7.49. The van der Waals surface area contributed by atoms with Crippen molar-refractivity contribution in [2.75, 3.05) is 18.2 Å². The maximum atomic E-state index is 13.3. The van der Waals surface area contributed by atoms with E-state index in [1.165, 1.54) is 19.2 Å². The number of rotatable bonds is 3. The molecule has 0 aliphatic carbocycles. The molecule has 18 heavy (non-hydrogen) atoms. The van der Waals surface area contributed by atoms with Crippen LogP contribution in [-0.4, -0.2) is 7.11 Å². The van der Waals surface area contributed by atoms with E-state index < -0.39 is 5.82 Å². The monoisotopic (exact) mass is 266 g/mol. The summed E-state index contributed by atoms with van der Waals surface area (Å²) in [4.78, 5) is 0. The maximum Gasteiger partial charge on any atom is 0.128 e. The predicted octanol–water partition coefficient (Wildman–Crippen LogP) is 3.81. The summed E-state index contributed by atoms with van der Waals surface area (Å²) in [5, 5.41) is 3.55. The molecule has 0 saturated carbocycles. The molecule has 0 spiro atoms. The second-order valence-electron chi connectivity index (χ2n) is 3.74. The lowest BCUT2D eigenvalue weighted by Gasteiger charge is -2.11. The fraction of sp³-hybridized carbons (Fsp3) is 0.0769. The Morgan fingerprint density at radius 3 is 2.72 bits per heavy atom. The molecule has 94 valence electrons. The van der Waals surface area contributed by atoms with Crippen molar-refractivity contribution in [3.63, 3.8) is 0 Å². The van der Waals surface area contributed by atoms with Gasteiger partial charge in [-0.3, -0.25) is 0 Å². The molecular formula is C13H12ClFN2O. The Kier molecular flexibility index (Phi) is 3.58. The Morgan fingerprint density at radius 2 is 2.00 bits per heavy atom. The van der Waals surface area contributed by atoms with E-state index >= 15 is 0 Å². The number of nitrogen functional groups attached to an aromatic ring is 1. The summed E-state index contributed by atoms with van der Waals surface area (Å²) >= 11 is 5.88. The molecule has 2 aromatic rings. The largest absolute Gasteiger partial charge is 0.497 e. The van der Waals surface area contributed by atoms with Crippen molar-refractivity contribution in [1.82, 2.24) is 0 Å². The summed E-state index contributed by atoms with van der Waals surface area (Å²) in [6.45, 7) is 0. The van der Waals surface area contributed by atoms with Crippen molar-refractivity contribution >= 4 is 28.7 Å². The van der Waals surface area contributed by atoms with Crippen molar-refractivity contribution in [3.05, 3.63) is 47.2 Å². The molecule has 0 aromatic heterocycles. The van der Waals surface area contributed by atoms with Crippen molar-refractivity contribution < 1.29 is 9.13 Å². The molecule has 5 heteroatoms. The Balaban J connectivity index is 2.33. The molecule has 0 atom stereocenters. The molecule has 3 N–H and O–H groups in total. The van der Waals surface area contributed by atoms with Crippen molar-refractivity contribution in [2.24, 2.45) is 0 Å². The van der Waals surface area contributed by atoms with E-state index in [1.54, 1.807) is 24.3 Å². The van der Waals surface area contributed by atoms with Gasteiger partial charge < -0.3 is 15.8 Å². The van der Waals surface area contributed by atoms with Gasteiger partial charge in [0.05, 0.1) is 18.5 Å². The minimum atomic E-state index is -0.391. The highest BCUT2D eigenvalue weighted by molar-refractivity contribution is 6.31. The Morgan fingerprint density at radius 1 is 1.22 bits per heavy atom. The topological polar surface area (TPSA) is 47.3 Å². The van der Waals surface area contributed by atoms with Gasteiger partial charge in [-0.1, -0.05) is 11.6 Å². The fourth-order valence-electron chi connectivity index (χ4n) is 1.54. The van der Waals surface area contributed by atoms with Crippen molar-refractivity contribution in [3.8, 4) is 5.75 Å². The minimum Gasteiger partial charge on any atom is -0.497 e. The average molecular weight is 267 g/mol. The van der Waals surface area contributed by atoms with Crippen LogP contribution in [0.2, 0.25) is 5.02 Å². The van der Waals surface area contributed by atoms with Gasteiger partial charge in [0.15, 0.2) is 0 Å². The van der Waals surface area contributed by atoms with Crippen molar-refractivity contribution in [2.45, 2.75) is 0 Å². The van der Waals surface area contributed by atoms with E-state index in [1.807, 2.05) is 0 Å². The van der Waals surface area contributed by atoms with Gasteiger partial charge in [0, 0.05) is 22.8 Å². The van der Waals surface area contributed by atoms with Gasteiger partial charge >= 0.3 is 0 Å². The number of anilines is 3. The molecule has 0 amide bonds. The summed E-state index contributed by atoms with van der Waals surface area (Å²) in [6.07, 6.45) is 0. The normalized spacial score (nSPS) is 10.2. The van der Waals surface area contributed by atoms with Crippen LogP contribution in [-0.2, 0) is 0 Å². The van der Waals surface area contributed by atoms with Crippen LogP contribution in [0, 0.1) is 5.82 Å². The Hall–Kier alpha value is -1.94. The van der Waals surface area contributed by atoms with Gasteiger partial charge in [-0.15, -0.1) is 0 Å². The first-order valence-electron chi connectivity index (χ1n) is 5.25. The van der Waals surface area contributed by atoms with E-state index in [4.69, 9.17) is 22.1 Å². The fourth-order valence-corrected chi connectivity index (χ4v) is 1.72. The summed E-state index contributed by atoms with van der Waals surface area (Å²) in [7, 11) is 1.48. The van der Waals surface area contributed by atoms with Gasteiger partial charge in [0.2, 0.25) is 0 Å². The highest BCUT2D eigenvalue weighted by atomic mass is 35.5. The lowest BCUT2D eigenvalue weighted by atomic mass is 10.2. The smallest absolute Gasteiger partial charge is 0.128 e. The van der Waals surface area contributed by atoms with Crippen LogP contribution in [0.15, 0.2) is 36.4 Å². The first-order chi connectivity index (χ1) is 8.58. The van der Waals surface area contributed by atoms with Gasteiger partial charge in [-0.05, 0) is 24.3 Å². The molecule has 0 radical (unpaired) electrons. The van der Waals surface area contributed by atoms with Gasteiger partial charge in [-0.2, -0.15) is 0 Å². The second kappa shape index (κ2) is 5.14. The molecule has 0 heterocycles. The SMILES string of the molecule is COc1cc(F)cc(Nc2cc(Cl)ccc2N)c1. The number of ether oxygens (including phenoxy) is 1. The quantitative estimate of drug-likeness (QED) is 0.831. The Bertz CT molecular complexity index is 575. The molecule has 2 aromatic carbocycles. The molecule has 0 fully saturated rings. The van der Waals surface area contributed by atoms with Crippen LogP contribution in [0.25, 0.3) is 0 Å². The Labute approximate surface area is 109 Å². The maximum absolute atomic E-state index is 13.3. The highest BCUT2D eigenvalue weighted by Gasteiger charge is 2.04. The highest BCUT2D eigenvalue weighted by Crippen LogP contribution is 2.28. The number of nitrogens with two attached hydrogens (primary N) is 1. The number of methoxy groups -OCH3 is 1. The third kappa shape index (κ3) is 2.84. The minimum absolute atomic E-state index is 0.391. The van der Waals surface area contributed by atoms with E-state index in [2.05, 4.69) is 5.32 Å². The summed E-state index contributed by atoms with van der Waals surface area (Å²) < 4.78 is 18.3. The second-order valence-corrected chi connectivity index (χ2v) is 4.17. The molecule has 0 aliphatic heterocycles. The van der Waals surface area contributed by atoms with Crippen LogP contribution in [0.1, 0.15) is 0 Å². The van der Waals surface area contributed by atoms with Crippen LogP contribution in [0.5, 0.6) is 5.75 Å². The molecule has 3 nitrogen and oxygen atoms in total. The number of hydrogen-bond donors (Lipinski definition) is 2. The van der Waals surface area contributed by atoms with Crippen LogP contribution >= 0.6 is 11.6 Å². The third-order valence-electron chi connectivity index (χ3n) is 2.40. The van der Waals surface area contributed by atoms with Crippen molar-refractivity contribution in [1.29, 1.82) is 0 Å². The van der Waals surface area contributed by atoms with Gasteiger partial charge in [-0.25, -0.2) is 4.39 Å². The zero-order chi connectivity index (χ0) is 13.1. The number of nitrogens with one attached hydrogen (secondary N) is 1. The van der Waals surface area contributed by atoms with E-state index in [0.717, 1.165) is 0 Å². The zero-order valence-corrected chi connectivity index (χ0v) is 10.5. The van der Waals surface area contributed by atoms with E-state index in [9.17, 15) is 4.39 Å². The molecule has 0 unspecified atom stereocenters. The van der Waals surface area contributed by atoms with E-state index in [0.29, 0.717) is 27.8 Å². The molecule has 2 rings (SSSR count). The average Bonchev–Trinajstić information content (AvgIpc) is 2.33. The number of hydrogen-bond acceptors (Lipinski definition) is 3. The first-order valence-corrected chi connectivity index (χ1v) is 5.63. The third-order valence-corrected chi connectivity index (χ3v) is 2.64. The number of benzene rings is 2. The van der Waals surface area contributed by atoms with Crippen LogP contribution < -0.4 is 15.8 Å². The molecule has 0 saturated heterocycles. The van der Waals surface area contributed by atoms with Gasteiger partial charge in [0.1, 0.15) is 11.6 Å². The lowest BCUT2D eigenvalue weighted by molar-refractivity contribution is 0.411. The summed E-state index contributed by atoms with van der Waals surface area (Å²) in [5.74, 6) is 0.0375. The lowest BCUT2D eigenvalue weighted by Crippen LogP contribution is -1.97. The number of halogens is 2. The standard InChI is InChI=1S/C13H12ClFN2O/c1-18-11-6-9(15)5-10(7-11)17-13-4-8(14)2-3-12(13)16/h2-7,17H,16H2,1H3. The van der Waals surface area contributed by atoms with Crippen LogP contribution in [0.3, 0.4) is 0 Å². The molecular weight excluding hydrogens is 255 g/mol. The molecule has 0 bridgehead atoms. The zero-order valence-electron chi connectivity index (χ0n) is 9.71.